The van der Waals surface area contributed by atoms with Crippen LogP contribution in [0.25, 0.3) is 0 Å². The van der Waals surface area contributed by atoms with E-state index < -0.39 is 15.6 Å². The molecule has 1 aromatic rings. The van der Waals surface area contributed by atoms with Gasteiger partial charge in [-0.1, -0.05) is 23.2 Å². The SMILES string of the molecule is CC(C)(C)NS(=O)(=O)c1cc(CO)c(Cl)cc1Cl. The van der Waals surface area contributed by atoms with Crippen LogP contribution in [0, 0.1) is 0 Å². The summed E-state index contributed by atoms with van der Waals surface area (Å²) < 4.78 is 26.7. The first kappa shape index (κ1) is 15.7. The summed E-state index contributed by atoms with van der Waals surface area (Å²) in [5.74, 6) is 0. The maximum absolute atomic E-state index is 12.1. The molecule has 0 bridgehead atoms. The molecule has 2 N–H and O–H groups in total. The van der Waals surface area contributed by atoms with E-state index in [2.05, 4.69) is 4.72 Å². The van der Waals surface area contributed by atoms with E-state index in [-0.39, 0.29) is 21.5 Å². The molecule has 0 saturated carbocycles. The number of hydrogen-bond donors (Lipinski definition) is 2. The molecule has 0 unspecified atom stereocenters. The summed E-state index contributed by atoms with van der Waals surface area (Å²) >= 11 is 11.7. The van der Waals surface area contributed by atoms with Crippen LogP contribution in [-0.2, 0) is 16.6 Å². The molecule has 18 heavy (non-hydrogen) atoms. The highest BCUT2D eigenvalue weighted by molar-refractivity contribution is 7.89. The minimum Gasteiger partial charge on any atom is -0.392 e. The summed E-state index contributed by atoms with van der Waals surface area (Å²) in [5.41, 5.74) is -0.309. The van der Waals surface area contributed by atoms with Gasteiger partial charge in [0.1, 0.15) is 4.90 Å². The van der Waals surface area contributed by atoms with Crippen LogP contribution in [0.15, 0.2) is 17.0 Å². The van der Waals surface area contributed by atoms with E-state index in [0.29, 0.717) is 5.56 Å². The van der Waals surface area contributed by atoms with Gasteiger partial charge in [-0.15, -0.1) is 0 Å². The zero-order valence-corrected chi connectivity index (χ0v) is 12.6. The normalized spacial score (nSPS) is 12.8. The van der Waals surface area contributed by atoms with Gasteiger partial charge in [-0.05, 0) is 38.5 Å². The number of hydrogen-bond acceptors (Lipinski definition) is 3. The van der Waals surface area contributed by atoms with E-state index in [4.69, 9.17) is 28.3 Å². The Bertz CT molecular complexity index is 550. The largest absolute Gasteiger partial charge is 0.392 e. The molecule has 0 atom stereocenters. The highest BCUT2D eigenvalue weighted by Crippen LogP contribution is 2.29. The van der Waals surface area contributed by atoms with Gasteiger partial charge in [-0.25, -0.2) is 13.1 Å². The van der Waals surface area contributed by atoms with E-state index in [1.165, 1.54) is 12.1 Å². The molecule has 0 radical (unpaired) electrons. The van der Waals surface area contributed by atoms with E-state index >= 15 is 0 Å². The second-order valence-corrected chi connectivity index (χ2v) is 7.35. The molecule has 1 rings (SSSR count). The van der Waals surface area contributed by atoms with E-state index in [9.17, 15) is 8.42 Å². The predicted octanol–water partition coefficient (Wildman–Crippen LogP) is 2.56. The zero-order valence-electron chi connectivity index (χ0n) is 10.3. The van der Waals surface area contributed by atoms with Gasteiger partial charge in [-0.3, -0.25) is 0 Å². The summed E-state index contributed by atoms with van der Waals surface area (Å²) in [7, 11) is -3.75. The number of halogens is 2. The molecule has 0 fully saturated rings. The molecule has 0 aliphatic rings. The Balaban J connectivity index is 3.33. The van der Waals surface area contributed by atoms with E-state index in [1.54, 1.807) is 20.8 Å². The molecule has 0 aliphatic heterocycles. The fourth-order valence-corrected chi connectivity index (χ4v) is 3.63. The third kappa shape index (κ3) is 3.83. The van der Waals surface area contributed by atoms with Crippen molar-refractivity contribution >= 4 is 33.2 Å². The van der Waals surface area contributed by atoms with E-state index in [1.807, 2.05) is 0 Å². The lowest BCUT2D eigenvalue weighted by atomic mass is 10.1. The quantitative estimate of drug-likeness (QED) is 0.901. The predicted molar refractivity (Wildman–Crippen MR) is 72.5 cm³/mol. The van der Waals surface area contributed by atoms with Gasteiger partial charge in [0, 0.05) is 10.6 Å². The topological polar surface area (TPSA) is 66.4 Å². The van der Waals surface area contributed by atoms with Crippen LogP contribution in [0.2, 0.25) is 10.0 Å². The number of nitrogens with one attached hydrogen (secondary N) is 1. The molecule has 0 spiro atoms. The molecule has 4 nitrogen and oxygen atoms in total. The Hall–Kier alpha value is -0.330. The van der Waals surface area contributed by atoms with Gasteiger partial charge in [0.15, 0.2) is 0 Å². The molecule has 0 heterocycles. The van der Waals surface area contributed by atoms with Crippen LogP contribution in [-0.4, -0.2) is 19.1 Å². The van der Waals surface area contributed by atoms with Gasteiger partial charge in [0.05, 0.1) is 11.6 Å². The second-order valence-electron chi connectivity index (χ2n) is 4.89. The first-order chi connectivity index (χ1) is 8.07. The molecular formula is C11H15Cl2NO3S. The lowest BCUT2D eigenvalue weighted by molar-refractivity contribution is 0.281. The maximum atomic E-state index is 12.1. The summed E-state index contributed by atoms with van der Waals surface area (Å²) in [6, 6.07) is 2.59. The number of sulfonamides is 1. The van der Waals surface area contributed by atoms with Crippen LogP contribution >= 0.6 is 23.2 Å². The monoisotopic (exact) mass is 311 g/mol. The third-order valence-corrected chi connectivity index (χ3v) is 4.58. The number of aliphatic hydroxyl groups excluding tert-OH is 1. The number of benzene rings is 1. The van der Waals surface area contributed by atoms with Crippen molar-refractivity contribution in [1.29, 1.82) is 0 Å². The first-order valence-corrected chi connectivity index (χ1v) is 7.43. The Labute approximate surface area is 117 Å². The molecule has 0 aliphatic carbocycles. The Morgan fingerprint density at radius 1 is 1.22 bits per heavy atom. The van der Waals surface area contributed by atoms with E-state index in [0.717, 1.165) is 0 Å². The molecule has 102 valence electrons. The van der Waals surface area contributed by atoms with Gasteiger partial charge in [0.2, 0.25) is 10.0 Å². The molecule has 7 heteroatoms. The highest BCUT2D eigenvalue weighted by Gasteiger charge is 2.25. The maximum Gasteiger partial charge on any atom is 0.242 e. The minimum absolute atomic E-state index is 0.0222. The van der Waals surface area contributed by atoms with Gasteiger partial charge in [-0.2, -0.15) is 0 Å². The Morgan fingerprint density at radius 3 is 2.22 bits per heavy atom. The lowest BCUT2D eigenvalue weighted by Gasteiger charge is -2.21. The van der Waals surface area contributed by atoms with Crippen LogP contribution in [0.1, 0.15) is 26.3 Å². The number of rotatable bonds is 3. The minimum atomic E-state index is -3.75. The third-order valence-electron chi connectivity index (χ3n) is 2.00. The molecule has 0 amide bonds. The van der Waals surface area contributed by atoms with Crippen molar-refractivity contribution in [2.24, 2.45) is 0 Å². The zero-order chi connectivity index (χ0) is 14.1. The van der Waals surface area contributed by atoms with Crippen molar-refractivity contribution in [3.8, 4) is 0 Å². The fourth-order valence-electron chi connectivity index (χ4n) is 1.36. The average molecular weight is 312 g/mol. The van der Waals surface area contributed by atoms with Gasteiger partial charge >= 0.3 is 0 Å². The van der Waals surface area contributed by atoms with Crippen molar-refractivity contribution in [2.45, 2.75) is 37.8 Å². The van der Waals surface area contributed by atoms with Gasteiger partial charge in [0.25, 0.3) is 0 Å². The average Bonchev–Trinajstić information content (AvgIpc) is 2.13. The molecule has 1 aromatic carbocycles. The van der Waals surface area contributed by atoms with Crippen molar-refractivity contribution in [3.63, 3.8) is 0 Å². The van der Waals surface area contributed by atoms with Crippen molar-refractivity contribution in [1.82, 2.24) is 4.72 Å². The summed E-state index contributed by atoms with van der Waals surface area (Å²) in [6.45, 7) is 4.82. The van der Waals surface area contributed by atoms with Crippen LogP contribution in [0.5, 0.6) is 0 Å². The van der Waals surface area contributed by atoms with Crippen LogP contribution in [0.3, 0.4) is 0 Å². The molecule has 0 aromatic heterocycles. The summed E-state index contributed by atoms with van der Waals surface area (Å²) in [5, 5.41) is 9.35. The molecule has 0 saturated heterocycles. The Morgan fingerprint density at radius 2 is 1.78 bits per heavy atom. The summed E-state index contributed by atoms with van der Waals surface area (Å²) in [6.07, 6.45) is 0. The number of aliphatic hydroxyl groups is 1. The lowest BCUT2D eigenvalue weighted by Crippen LogP contribution is -2.40. The highest BCUT2D eigenvalue weighted by atomic mass is 35.5. The summed E-state index contributed by atoms with van der Waals surface area (Å²) in [4.78, 5) is -0.0902. The van der Waals surface area contributed by atoms with Crippen molar-refractivity contribution in [3.05, 3.63) is 27.7 Å². The standard InChI is InChI=1S/C11H15Cl2NO3S/c1-11(2,3)14-18(16,17)10-4-7(6-15)8(12)5-9(10)13/h4-5,14-15H,6H2,1-3H3. The van der Waals surface area contributed by atoms with Crippen molar-refractivity contribution < 1.29 is 13.5 Å². The molecular weight excluding hydrogens is 297 g/mol. The first-order valence-electron chi connectivity index (χ1n) is 5.19. The van der Waals surface area contributed by atoms with Gasteiger partial charge < -0.3 is 5.11 Å². The van der Waals surface area contributed by atoms with Crippen LogP contribution in [0.4, 0.5) is 0 Å². The Kier molecular flexibility index (Phi) is 4.67. The fraction of sp³-hybridized carbons (Fsp3) is 0.455. The second kappa shape index (κ2) is 5.35. The van der Waals surface area contributed by atoms with Crippen LogP contribution < -0.4 is 4.72 Å². The smallest absolute Gasteiger partial charge is 0.242 e. The van der Waals surface area contributed by atoms with Crippen molar-refractivity contribution in [2.75, 3.05) is 0 Å².